The van der Waals surface area contributed by atoms with Crippen molar-refractivity contribution in [3.05, 3.63) is 58.6 Å². The van der Waals surface area contributed by atoms with Gasteiger partial charge in [0.1, 0.15) is 0 Å². The molecule has 1 amide bonds. The van der Waals surface area contributed by atoms with Crippen molar-refractivity contribution in [2.75, 3.05) is 31.1 Å². The maximum Gasteiger partial charge on any atom is 0.274 e. The van der Waals surface area contributed by atoms with E-state index in [1.807, 2.05) is 52.7 Å². The van der Waals surface area contributed by atoms with E-state index in [9.17, 15) is 4.79 Å². The molecule has 0 saturated carbocycles. The zero-order valence-corrected chi connectivity index (χ0v) is 15.1. The number of hydrogen-bond donors (Lipinski definition) is 1. The molecule has 1 aliphatic rings. The van der Waals surface area contributed by atoms with Gasteiger partial charge in [-0.15, -0.1) is 11.3 Å². The van der Waals surface area contributed by atoms with Crippen LogP contribution in [0, 0.1) is 0 Å². The largest absolute Gasteiger partial charge is 0.368 e. The highest BCUT2D eigenvalue weighted by molar-refractivity contribution is 7.13. The van der Waals surface area contributed by atoms with Crippen LogP contribution in [0.5, 0.6) is 0 Å². The van der Waals surface area contributed by atoms with E-state index in [0.29, 0.717) is 18.8 Å². The van der Waals surface area contributed by atoms with Gasteiger partial charge in [0.15, 0.2) is 5.69 Å². The molecule has 0 atom stereocenters. The lowest BCUT2D eigenvalue weighted by Crippen LogP contribution is -2.48. The number of aromatic amines is 1. The van der Waals surface area contributed by atoms with E-state index >= 15 is 0 Å². The van der Waals surface area contributed by atoms with Gasteiger partial charge in [-0.25, -0.2) is 0 Å². The predicted octanol–water partition coefficient (Wildman–Crippen LogP) is 3.75. The highest BCUT2D eigenvalue weighted by atomic mass is 35.5. The molecule has 128 valence electrons. The Morgan fingerprint density at radius 2 is 1.96 bits per heavy atom. The molecule has 4 rings (SSSR count). The van der Waals surface area contributed by atoms with Gasteiger partial charge in [-0.2, -0.15) is 5.10 Å². The van der Waals surface area contributed by atoms with Crippen molar-refractivity contribution in [2.45, 2.75) is 0 Å². The molecular weight excluding hydrogens is 356 g/mol. The van der Waals surface area contributed by atoms with E-state index in [1.54, 1.807) is 11.3 Å². The highest BCUT2D eigenvalue weighted by Gasteiger charge is 2.24. The van der Waals surface area contributed by atoms with Gasteiger partial charge in [-0.3, -0.25) is 9.89 Å². The average molecular weight is 373 g/mol. The Labute approximate surface area is 154 Å². The predicted molar refractivity (Wildman–Crippen MR) is 101 cm³/mol. The van der Waals surface area contributed by atoms with Crippen LogP contribution in [-0.4, -0.2) is 47.2 Å². The van der Waals surface area contributed by atoms with E-state index in [2.05, 4.69) is 15.1 Å². The fourth-order valence-corrected chi connectivity index (χ4v) is 3.87. The SMILES string of the molecule is O=C(c1cc(-c2cccs2)[nH]n1)N1CCN(c2cccc(Cl)c2)CC1. The summed E-state index contributed by atoms with van der Waals surface area (Å²) in [5, 5.41) is 9.89. The standard InChI is InChI=1S/C18H17ClN4OS/c19-13-3-1-4-14(11-13)22-6-8-23(9-7-22)18(24)16-12-15(20-21-16)17-5-2-10-25-17/h1-5,10-12H,6-9H2,(H,20,21). The molecule has 2 aromatic heterocycles. The molecule has 3 aromatic rings. The number of halogens is 1. The van der Waals surface area contributed by atoms with E-state index in [4.69, 9.17) is 11.6 Å². The monoisotopic (exact) mass is 372 g/mol. The number of anilines is 1. The number of piperazine rings is 1. The molecule has 0 unspecified atom stereocenters. The number of carbonyl (C=O) groups is 1. The number of nitrogens with one attached hydrogen (secondary N) is 1. The van der Waals surface area contributed by atoms with Crippen LogP contribution in [0.3, 0.4) is 0 Å². The van der Waals surface area contributed by atoms with Crippen LogP contribution in [0.15, 0.2) is 47.8 Å². The van der Waals surface area contributed by atoms with E-state index < -0.39 is 0 Å². The summed E-state index contributed by atoms with van der Waals surface area (Å²) in [5.41, 5.74) is 2.45. The number of thiophene rings is 1. The van der Waals surface area contributed by atoms with Gasteiger partial charge < -0.3 is 9.80 Å². The van der Waals surface area contributed by atoms with Crippen molar-refractivity contribution in [3.8, 4) is 10.6 Å². The second-order valence-electron chi connectivity index (χ2n) is 5.90. The molecule has 1 fully saturated rings. The summed E-state index contributed by atoms with van der Waals surface area (Å²) in [6.45, 7) is 2.92. The Morgan fingerprint density at radius 1 is 1.12 bits per heavy atom. The molecule has 0 bridgehead atoms. The Morgan fingerprint density at radius 3 is 2.68 bits per heavy atom. The number of carbonyl (C=O) groups excluding carboxylic acids is 1. The van der Waals surface area contributed by atoms with Crippen molar-refractivity contribution in [3.63, 3.8) is 0 Å². The first-order valence-electron chi connectivity index (χ1n) is 8.10. The fraction of sp³-hybridized carbons (Fsp3) is 0.222. The average Bonchev–Trinajstić information content (AvgIpc) is 3.32. The maximum atomic E-state index is 12.7. The first-order valence-corrected chi connectivity index (χ1v) is 9.35. The van der Waals surface area contributed by atoms with Crippen LogP contribution < -0.4 is 4.90 Å². The lowest BCUT2D eigenvalue weighted by atomic mass is 10.2. The van der Waals surface area contributed by atoms with Crippen LogP contribution in [-0.2, 0) is 0 Å². The summed E-state index contributed by atoms with van der Waals surface area (Å²) in [4.78, 5) is 17.9. The number of H-pyrrole nitrogens is 1. The van der Waals surface area contributed by atoms with Crippen LogP contribution in [0.25, 0.3) is 10.6 Å². The summed E-state index contributed by atoms with van der Waals surface area (Å²) in [6, 6.07) is 13.6. The van der Waals surface area contributed by atoms with Gasteiger partial charge in [0.05, 0.1) is 10.6 Å². The molecule has 1 N–H and O–H groups in total. The molecule has 0 spiro atoms. The minimum Gasteiger partial charge on any atom is -0.368 e. The van der Waals surface area contributed by atoms with E-state index in [-0.39, 0.29) is 5.91 Å². The second-order valence-corrected chi connectivity index (χ2v) is 7.29. The Balaban J connectivity index is 1.41. The van der Waals surface area contributed by atoms with Crippen molar-refractivity contribution in [2.24, 2.45) is 0 Å². The van der Waals surface area contributed by atoms with Gasteiger partial charge >= 0.3 is 0 Å². The minimum atomic E-state index is -0.0233. The van der Waals surface area contributed by atoms with Crippen LogP contribution >= 0.6 is 22.9 Å². The summed E-state index contributed by atoms with van der Waals surface area (Å²) >= 11 is 7.69. The Hall–Kier alpha value is -2.31. The maximum absolute atomic E-state index is 12.7. The third kappa shape index (κ3) is 3.41. The fourth-order valence-electron chi connectivity index (χ4n) is 2.99. The number of hydrogen-bond acceptors (Lipinski definition) is 4. The first-order chi connectivity index (χ1) is 12.2. The number of amides is 1. The van der Waals surface area contributed by atoms with E-state index in [1.165, 1.54) is 0 Å². The van der Waals surface area contributed by atoms with Crippen LogP contribution in [0.1, 0.15) is 10.5 Å². The quantitative estimate of drug-likeness (QED) is 0.761. The number of nitrogens with zero attached hydrogens (tertiary/aromatic N) is 3. The van der Waals surface area contributed by atoms with Gasteiger partial charge in [0.25, 0.3) is 5.91 Å². The Bertz CT molecular complexity index is 869. The van der Waals surface area contributed by atoms with Gasteiger partial charge in [0, 0.05) is 36.9 Å². The molecule has 3 heterocycles. The highest BCUT2D eigenvalue weighted by Crippen LogP contribution is 2.24. The topological polar surface area (TPSA) is 52.2 Å². The molecule has 1 aliphatic heterocycles. The normalized spacial score (nSPS) is 14.8. The van der Waals surface area contributed by atoms with Crippen molar-refractivity contribution < 1.29 is 4.79 Å². The molecule has 5 nitrogen and oxygen atoms in total. The summed E-state index contributed by atoms with van der Waals surface area (Å²) in [5.74, 6) is -0.0233. The third-order valence-electron chi connectivity index (χ3n) is 4.32. The summed E-state index contributed by atoms with van der Waals surface area (Å²) in [7, 11) is 0. The molecule has 0 aliphatic carbocycles. The minimum absolute atomic E-state index is 0.0233. The van der Waals surface area contributed by atoms with Crippen LogP contribution in [0.4, 0.5) is 5.69 Å². The molecule has 1 aromatic carbocycles. The second kappa shape index (κ2) is 6.90. The van der Waals surface area contributed by atoms with Crippen molar-refractivity contribution in [1.29, 1.82) is 0 Å². The van der Waals surface area contributed by atoms with Crippen molar-refractivity contribution >= 4 is 34.5 Å². The third-order valence-corrected chi connectivity index (χ3v) is 5.46. The van der Waals surface area contributed by atoms with Gasteiger partial charge in [-0.1, -0.05) is 23.7 Å². The number of rotatable bonds is 3. The smallest absolute Gasteiger partial charge is 0.274 e. The number of benzene rings is 1. The molecule has 0 radical (unpaired) electrons. The van der Waals surface area contributed by atoms with Crippen molar-refractivity contribution in [1.82, 2.24) is 15.1 Å². The lowest BCUT2D eigenvalue weighted by Gasteiger charge is -2.35. The van der Waals surface area contributed by atoms with Gasteiger partial charge in [-0.05, 0) is 35.7 Å². The Kier molecular flexibility index (Phi) is 4.46. The molecular formula is C18H17ClN4OS. The first kappa shape index (κ1) is 16.2. The molecule has 25 heavy (non-hydrogen) atoms. The summed E-state index contributed by atoms with van der Waals surface area (Å²) in [6.07, 6.45) is 0. The van der Waals surface area contributed by atoms with Crippen LogP contribution in [0.2, 0.25) is 5.02 Å². The summed E-state index contributed by atoms with van der Waals surface area (Å²) < 4.78 is 0. The number of aromatic nitrogens is 2. The zero-order valence-electron chi connectivity index (χ0n) is 13.5. The molecule has 1 saturated heterocycles. The van der Waals surface area contributed by atoms with Gasteiger partial charge in [0.2, 0.25) is 0 Å². The van der Waals surface area contributed by atoms with E-state index in [0.717, 1.165) is 34.4 Å². The lowest BCUT2D eigenvalue weighted by molar-refractivity contribution is 0.0741. The molecule has 7 heteroatoms. The zero-order chi connectivity index (χ0) is 17.2.